The molecule has 2 aromatic rings. The third kappa shape index (κ3) is 4.99. The molecule has 188 valence electrons. The van der Waals surface area contributed by atoms with E-state index in [2.05, 4.69) is 15.6 Å². The minimum atomic E-state index is -1.34. The summed E-state index contributed by atoms with van der Waals surface area (Å²) in [5.74, 6) is -5.26. The summed E-state index contributed by atoms with van der Waals surface area (Å²) in [4.78, 5) is 54.5. The van der Waals surface area contributed by atoms with E-state index in [1.165, 1.54) is 0 Å². The summed E-state index contributed by atoms with van der Waals surface area (Å²) in [6.07, 6.45) is 5.23. The van der Waals surface area contributed by atoms with Crippen LogP contribution in [0.25, 0.3) is 0 Å². The van der Waals surface area contributed by atoms with Crippen LogP contribution in [0.3, 0.4) is 0 Å². The first-order valence-corrected chi connectivity index (χ1v) is 11.6. The lowest BCUT2D eigenvalue weighted by Crippen LogP contribution is -2.38. The Morgan fingerprint density at radius 3 is 2.36 bits per heavy atom. The van der Waals surface area contributed by atoms with Gasteiger partial charge in [-0.2, -0.15) is 0 Å². The molecule has 0 bridgehead atoms. The van der Waals surface area contributed by atoms with Gasteiger partial charge in [-0.3, -0.25) is 28.7 Å². The topological polar surface area (TPSA) is 170 Å². The lowest BCUT2D eigenvalue weighted by molar-refractivity contribution is -0.135. The molecule has 1 aromatic carbocycles. The predicted octanol–water partition coefficient (Wildman–Crippen LogP) is 1.70. The van der Waals surface area contributed by atoms with Gasteiger partial charge < -0.3 is 26.0 Å². The highest BCUT2D eigenvalue weighted by molar-refractivity contribution is 6.11. The second-order valence-electron chi connectivity index (χ2n) is 8.66. The number of carboxylic acid groups (broad SMARTS) is 1. The summed E-state index contributed by atoms with van der Waals surface area (Å²) >= 11 is 0. The summed E-state index contributed by atoms with van der Waals surface area (Å²) in [7, 11) is 0. The molecule has 2 heterocycles. The number of benzene rings is 1. The normalized spacial score (nSPS) is 15.7. The summed E-state index contributed by atoms with van der Waals surface area (Å²) in [5, 5.41) is 35.1. The maximum Gasteiger partial charge on any atom is 0.322 e. The SMILES string of the molecule is O=C(O)CNC(=O)c1c(O)c(C(=O)NC2=CC(c3ccccc3)=NC2)c(=O)n(C2CCCCC2)c1O. The molecule has 1 aliphatic heterocycles. The van der Waals surface area contributed by atoms with E-state index >= 15 is 0 Å². The number of nitrogens with zero attached hydrogens (tertiary/aromatic N) is 2. The van der Waals surface area contributed by atoms with Gasteiger partial charge in [0.15, 0.2) is 5.75 Å². The van der Waals surface area contributed by atoms with E-state index in [1.54, 1.807) is 6.08 Å². The molecule has 0 radical (unpaired) electrons. The second-order valence-corrected chi connectivity index (χ2v) is 8.66. The second kappa shape index (κ2) is 10.5. The standard InChI is InChI=1S/C25H26N4O7/c30-18(31)13-27-22(33)19-21(32)20(25(36)29(24(19)35)16-9-5-2-6-10-16)23(34)28-15-11-17(26-12-15)14-7-3-1-4-8-14/h1,3-4,7-8,11,16,32,35H,2,5-6,9-10,12-13H2,(H,27,33)(H,28,34)(H,30,31). The minimum Gasteiger partial charge on any atom is -0.506 e. The average Bonchev–Trinajstić information content (AvgIpc) is 3.32. The Balaban J connectivity index is 1.71. The fraction of sp³-hybridized carbons (Fsp3) is 0.320. The van der Waals surface area contributed by atoms with Crippen LogP contribution in [0.2, 0.25) is 0 Å². The van der Waals surface area contributed by atoms with Crippen molar-refractivity contribution in [1.82, 2.24) is 15.2 Å². The smallest absolute Gasteiger partial charge is 0.322 e. The quantitative estimate of drug-likeness (QED) is 0.390. The van der Waals surface area contributed by atoms with E-state index in [0.29, 0.717) is 24.3 Å². The van der Waals surface area contributed by atoms with Crippen molar-refractivity contribution in [3.63, 3.8) is 0 Å². The van der Waals surface area contributed by atoms with Crippen molar-refractivity contribution in [3.05, 3.63) is 69.1 Å². The zero-order valence-electron chi connectivity index (χ0n) is 19.4. The summed E-state index contributed by atoms with van der Waals surface area (Å²) in [5.41, 5.74) is -0.527. The largest absolute Gasteiger partial charge is 0.506 e. The monoisotopic (exact) mass is 494 g/mol. The van der Waals surface area contributed by atoms with Gasteiger partial charge in [0.2, 0.25) is 5.88 Å². The molecule has 1 saturated carbocycles. The van der Waals surface area contributed by atoms with Crippen LogP contribution in [0.15, 0.2) is 51.9 Å². The molecule has 0 atom stereocenters. The van der Waals surface area contributed by atoms with E-state index in [0.717, 1.165) is 29.4 Å². The van der Waals surface area contributed by atoms with Gasteiger partial charge in [0.1, 0.15) is 17.7 Å². The van der Waals surface area contributed by atoms with Gasteiger partial charge in [-0.15, -0.1) is 0 Å². The fourth-order valence-corrected chi connectivity index (χ4v) is 4.50. The first-order valence-electron chi connectivity index (χ1n) is 11.6. The number of carboxylic acids is 1. The Bertz CT molecular complexity index is 1320. The zero-order valence-corrected chi connectivity index (χ0v) is 19.4. The molecule has 4 rings (SSSR count). The van der Waals surface area contributed by atoms with E-state index in [-0.39, 0.29) is 6.54 Å². The van der Waals surface area contributed by atoms with Crippen LogP contribution >= 0.6 is 0 Å². The van der Waals surface area contributed by atoms with Gasteiger partial charge in [-0.05, 0) is 24.5 Å². The van der Waals surface area contributed by atoms with Crippen LogP contribution in [-0.2, 0) is 4.79 Å². The molecular formula is C25H26N4O7. The lowest BCUT2D eigenvalue weighted by atomic mass is 9.94. The third-order valence-electron chi connectivity index (χ3n) is 6.23. The van der Waals surface area contributed by atoms with Crippen molar-refractivity contribution < 1.29 is 29.7 Å². The highest BCUT2D eigenvalue weighted by Gasteiger charge is 2.33. The van der Waals surface area contributed by atoms with Crippen LogP contribution in [0.1, 0.15) is 64.4 Å². The summed E-state index contributed by atoms with van der Waals surface area (Å²) in [6.45, 7) is -0.647. The fourth-order valence-electron chi connectivity index (χ4n) is 4.50. The average molecular weight is 495 g/mol. The molecule has 5 N–H and O–H groups in total. The third-order valence-corrected chi connectivity index (χ3v) is 6.23. The molecule has 0 unspecified atom stereocenters. The van der Waals surface area contributed by atoms with Gasteiger partial charge in [-0.1, -0.05) is 49.6 Å². The van der Waals surface area contributed by atoms with Crippen LogP contribution in [0.5, 0.6) is 11.6 Å². The molecule has 1 fully saturated rings. The number of hydrogen-bond acceptors (Lipinski definition) is 7. The first-order chi connectivity index (χ1) is 17.3. The number of aromatic hydroxyl groups is 2. The van der Waals surface area contributed by atoms with Crippen molar-refractivity contribution in [3.8, 4) is 11.6 Å². The van der Waals surface area contributed by atoms with Gasteiger partial charge >= 0.3 is 5.97 Å². The molecule has 0 saturated heterocycles. The van der Waals surface area contributed by atoms with E-state index in [1.807, 2.05) is 30.3 Å². The number of aliphatic carboxylic acids is 1. The van der Waals surface area contributed by atoms with Crippen LogP contribution < -0.4 is 16.2 Å². The van der Waals surface area contributed by atoms with Gasteiger partial charge in [0.25, 0.3) is 17.4 Å². The first kappa shape index (κ1) is 24.7. The number of carbonyl (C=O) groups excluding carboxylic acids is 2. The molecule has 11 heteroatoms. The number of carbonyl (C=O) groups is 3. The van der Waals surface area contributed by atoms with Crippen molar-refractivity contribution in [1.29, 1.82) is 0 Å². The maximum atomic E-state index is 13.4. The Morgan fingerprint density at radius 1 is 1.00 bits per heavy atom. The van der Waals surface area contributed by atoms with Crippen LogP contribution in [0, 0.1) is 0 Å². The summed E-state index contributed by atoms with van der Waals surface area (Å²) in [6, 6.07) is 8.79. The number of pyridine rings is 1. The number of hydrogen-bond donors (Lipinski definition) is 5. The van der Waals surface area contributed by atoms with Crippen LogP contribution in [-0.4, -0.2) is 56.5 Å². The number of aromatic nitrogens is 1. The highest BCUT2D eigenvalue weighted by Crippen LogP contribution is 2.35. The molecule has 1 aliphatic carbocycles. The Labute approximate surface area is 205 Å². The number of nitrogens with one attached hydrogen (secondary N) is 2. The van der Waals surface area contributed by atoms with Crippen molar-refractivity contribution in [2.45, 2.75) is 38.1 Å². The van der Waals surface area contributed by atoms with Crippen molar-refractivity contribution in [2.75, 3.05) is 13.1 Å². The molecular weight excluding hydrogens is 468 g/mol. The van der Waals surface area contributed by atoms with Gasteiger partial charge in [-0.25, -0.2) is 0 Å². The molecule has 1 aromatic heterocycles. The van der Waals surface area contributed by atoms with E-state index in [9.17, 15) is 29.4 Å². The highest BCUT2D eigenvalue weighted by atomic mass is 16.4. The molecule has 2 aliphatic rings. The number of rotatable bonds is 7. The molecule has 2 amide bonds. The van der Waals surface area contributed by atoms with Gasteiger partial charge in [0.05, 0.1) is 12.3 Å². The lowest BCUT2D eigenvalue weighted by Gasteiger charge is -2.26. The van der Waals surface area contributed by atoms with E-state index < -0.39 is 58.7 Å². The predicted molar refractivity (Wildman–Crippen MR) is 130 cm³/mol. The number of amides is 2. The molecule has 36 heavy (non-hydrogen) atoms. The Morgan fingerprint density at radius 2 is 1.69 bits per heavy atom. The number of aliphatic imine (C=N–C) groups is 1. The number of allylic oxidation sites excluding steroid dienone is 1. The Hall–Kier alpha value is -4.41. The zero-order chi connectivity index (χ0) is 25.8. The van der Waals surface area contributed by atoms with Gasteiger partial charge in [0, 0.05) is 11.7 Å². The Kier molecular flexibility index (Phi) is 7.18. The molecule has 11 nitrogen and oxygen atoms in total. The van der Waals surface area contributed by atoms with E-state index in [4.69, 9.17) is 5.11 Å². The minimum absolute atomic E-state index is 0.136. The molecule has 0 spiro atoms. The summed E-state index contributed by atoms with van der Waals surface area (Å²) < 4.78 is 0.957. The maximum absolute atomic E-state index is 13.4. The van der Waals surface area contributed by atoms with Crippen LogP contribution in [0.4, 0.5) is 0 Å². The van der Waals surface area contributed by atoms with Crippen molar-refractivity contribution >= 4 is 23.5 Å². The van der Waals surface area contributed by atoms with Crippen molar-refractivity contribution in [2.24, 2.45) is 4.99 Å².